The van der Waals surface area contributed by atoms with Crippen molar-refractivity contribution in [1.29, 1.82) is 0 Å². The lowest BCUT2D eigenvalue weighted by molar-refractivity contribution is 0.117. The highest BCUT2D eigenvalue weighted by Gasteiger charge is 2.00. The molecule has 1 aromatic rings. The third kappa shape index (κ3) is 2.52. The fraction of sp³-hybridized carbons (Fsp3) is 0.571. The van der Waals surface area contributed by atoms with Crippen molar-refractivity contribution in [3.8, 4) is 0 Å². The van der Waals surface area contributed by atoms with Crippen LogP contribution in [-0.2, 0) is 17.2 Å². The standard InChI is InChI=1S/C7H10ClNO2/c1-2-10-5-6-4-9-7(3-8)11-6/h4H,2-3,5H2,1H3. The van der Waals surface area contributed by atoms with Crippen LogP contribution in [-0.4, -0.2) is 11.6 Å². The zero-order valence-corrected chi connectivity index (χ0v) is 7.10. The van der Waals surface area contributed by atoms with Crippen molar-refractivity contribution in [2.75, 3.05) is 6.61 Å². The van der Waals surface area contributed by atoms with Crippen LogP contribution in [0.3, 0.4) is 0 Å². The number of alkyl halides is 1. The second-order valence-corrected chi connectivity index (χ2v) is 2.26. The zero-order valence-electron chi connectivity index (χ0n) is 6.34. The molecule has 0 saturated heterocycles. The molecular formula is C7H10ClNO2. The summed E-state index contributed by atoms with van der Waals surface area (Å²) in [6, 6.07) is 0. The van der Waals surface area contributed by atoms with Crippen LogP contribution >= 0.6 is 11.6 Å². The Bertz CT molecular complexity index is 212. The van der Waals surface area contributed by atoms with Gasteiger partial charge in [-0.25, -0.2) is 4.98 Å². The lowest BCUT2D eigenvalue weighted by Gasteiger charge is -1.94. The van der Waals surface area contributed by atoms with Crippen molar-refractivity contribution in [2.24, 2.45) is 0 Å². The molecule has 4 heteroatoms. The van der Waals surface area contributed by atoms with E-state index in [1.165, 1.54) is 0 Å². The number of nitrogens with zero attached hydrogens (tertiary/aromatic N) is 1. The molecule has 0 aromatic carbocycles. The van der Waals surface area contributed by atoms with Gasteiger partial charge in [0.1, 0.15) is 12.4 Å². The first kappa shape index (κ1) is 8.56. The SMILES string of the molecule is CCOCc1cnc(CCl)o1. The molecule has 0 bridgehead atoms. The first-order valence-corrected chi connectivity index (χ1v) is 3.97. The molecule has 0 radical (unpaired) electrons. The number of aromatic nitrogens is 1. The van der Waals surface area contributed by atoms with Crippen LogP contribution in [0.5, 0.6) is 0 Å². The number of ether oxygens (including phenoxy) is 1. The Morgan fingerprint density at radius 2 is 2.55 bits per heavy atom. The lowest BCUT2D eigenvalue weighted by atomic mass is 10.5. The van der Waals surface area contributed by atoms with Crippen molar-refractivity contribution < 1.29 is 9.15 Å². The van der Waals surface area contributed by atoms with E-state index in [1.54, 1.807) is 6.20 Å². The van der Waals surface area contributed by atoms with Crippen molar-refractivity contribution in [2.45, 2.75) is 19.4 Å². The first-order valence-electron chi connectivity index (χ1n) is 3.44. The van der Waals surface area contributed by atoms with Crippen LogP contribution in [0.25, 0.3) is 0 Å². The van der Waals surface area contributed by atoms with Gasteiger partial charge in [-0.2, -0.15) is 0 Å². The Hall–Kier alpha value is -0.540. The van der Waals surface area contributed by atoms with E-state index in [4.69, 9.17) is 20.8 Å². The van der Waals surface area contributed by atoms with E-state index in [2.05, 4.69) is 4.98 Å². The van der Waals surface area contributed by atoms with Crippen LogP contribution < -0.4 is 0 Å². The summed E-state index contributed by atoms with van der Waals surface area (Å²) in [5.41, 5.74) is 0. The van der Waals surface area contributed by atoms with Gasteiger partial charge in [0.25, 0.3) is 0 Å². The molecule has 0 aliphatic rings. The van der Waals surface area contributed by atoms with E-state index in [0.717, 1.165) is 5.76 Å². The molecule has 0 amide bonds. The molecule has 0 spiro atoms. The smallest absolute Gasteiger partial charge is 0.209 e. The zero-order chi connectivity index (χ0) is 8.10. The van der Waals surface area contributed by atoms with Crippen LogP contribution in [0.4, 0.5) is 0 Å². The van der Waals surface area contributed by atoms with Gasteiger partial charge < -0.3 is 9.15 Å². The Balaban J connectivity index is 2.44. The molecule has 0 N–H and O–H groups in total. The molecule has 0 aliphatic carbocycles. The first-order chi connectivity index (χ1) is 5.36. The molecule has 11 heavy (non-hydrogen) atoms. The largest absolute Gasteiger partial charge is 0.442 e. The van der Waals surface area contributed by atoms with E-state index in [0.29, 0.717) is 25.0 Å². The van der Waals surface area contributed by atoms with Crippen molar-refractivity contribution in [1.82, 2.24) is 4.98 Å². The second-order valence-electron chi connectivity index (χ2n) is 1.99. The number of hydrogen-bond donors (Lipinski definition) is 0. The average molecular weight is 176 g/mol. The maximum absolute atomic E-state index is 5.48. The second kappa shape index (κ2) is 4.36. The highest BCUT2D eigenvalue weighted by molar-refractivity contribution is 6.16. The van der Waals surface area contributed by atoms with Gasteiger partial charge >= 0.3 is 0 Å². The molecule has 0 aliphatic heterocycles. The molecule has 1 heterocycles. The highest BCUT2D eigenvalue weighted by Crippen LogP contribution is 2.06. The fourth-order valence-corrected chi connectivity index (χ4v) is 0.803. The number of oxazole rings is 1. The van der Waals surface area contributed by atoms with Gasteiger partial charge in [-0.1, -0.05) is 0 Å². The summed E-state index contributed by atoms with van der Waals surface area (Å²) in [5, 5.41) is 0. The minimum Gasteiger partial charge on any atom is -0.442 e. The van der Waals surface area contributed by atoms with E-state index >= 15 is 0 Å². The molecule has 0 fully saturated rings. The van der Waals surface area contributed by atoms with Gasteiger partial charge in [0.2, 0.25) is 5.89 Å². The Morgan fingerprint density at radius 1 is 1.73 bits per heavy atom. The summed E-state index contributed by atoms with van der Waals surface area (Å²) < 4.78 is 10.3. The van der Waals surface area contributed by atoms with E-state index < -0.39 is 0 Å². The lowest BCUT2D eigenvalue weighted by Crippen LogP contribution is -1.88. The normalized spacial score (nSPS) is 10.4. The third-order valence-corrected chi connectivity index (χ3v) is 1.39. The summed E-state index contributed by atoms with van der Waals surface area (Å²) in [6.07, 6.45) is 1.63. The molecule has 3 nitrogen and oxygen atoms in total. The molecule has 62 valence electrons. The Kier molecular flexibility index (Phi) is 3.39. The van der Waals surface area contributed by atoms with Crippen molar-refractivity contribution in [3.63, 3.8) is 0 Å². The topological polar surface area (TPSA) is 35.3 Å². The predicted octanol–water partition coefficient (Wildman–Crippen LogP) is 1.95. The van der Waals surface area contributed by atoms with Gasteiger partial charge in [-0.15, -0.1) is 11.6 Å². The van der Waals surface area contributed by atoms with E-state index in [9.17, 15) is 0 Å². The summed E-state index contributed by atoms with van der Waals surface area (Å²) in [4.78, 5) is 3.91. The van der Waals surface area contributed by atoms with Crippen LogP contribution in [0, 0.1) is 0 Å². The molecule has 1 aromatic heterocycles. The van der Waals surface area contributed by atoms with Gasteiger partial charge in [0, 0.05) is 6.61 Å². The number of hydrogen-bond acceptors (Lipinski definition) is 3. The molecule has 0 atom stereocenters. The average Bonchev–Trinajstić information content (AvgIpc) is 2.48. The van der Waals surface area contributed by atoms with E-state index in [-0.39, 0.29) is 0 Å². The summed E-state index contributed by atoms with van der Waals surface area (Å²) in [5.74, 6) is 1.58. The van der Waals surface area contributed by atoms with Gasteiger partial charge in [-0.3, -0.25) is 0 Å². The van der Waals surface area contributed by atoms with Crippen molar-refractivity contribution in [3.05, 3.63) is 17.8 Å². The maximum Gasteiger partial charge on any atom is 0.209 e. The molecule has 0 unspecified atom stereocenters. The summed E-state index contributed by atoms with van der Waals surface area (Å²) >= 11 is 5.48. The highest BCUT2D eigenvalue weighted by atomic mass is 35.5. The minimum absolute atomic E-state index is 0.312. The van der Waals surface area contributed by atoms with Crippen LogP contribution in [0.15, 0.2) is 10.6 Å². The van der Waals surface area contributed by atoms with E-state index in [1.807, 2.05) is 6.92 Å². The monoisotopic (exact) mass is 175 g/mol. The van der Waals surface area contributed by atoms with Gasteiger partial charge in [-0.05, 0) is 6.92 Å². The summed E-state index contributed by atoms with van der Waals surface area (Å²) in [6.45, 7) is 3.08. The van der Waals surface area contributed by atoms with Crippen LogP contribution in [0.2, 0.25) is 0 Å². The quantitative estimate of drug-likeness (QED) is 0.657. The molecule has 1 rings (SSSR count). The fourth-order valence-electron chi connectivity index (χ4n) is 0.679. The number of halogens is 1. The van der Waals surface area contributed by atoms with Gasteiger partial charge in [0.05, 0.1) is 12.1 Å². The van der Waals surface area contributed by atoms with Crippen molar-refractivity contribution >= 4 is 11.6 Å². The Labute approximate surface area is 70.3 Å². The van der Waals surface area contributed by atoms with Gasteiger partial charge in [0.15, 0.2) is 0 Å². The Morgan fingerprint density at radius 3 is 3.09 bits per heavy atom. The van der Waals surface area contributed by atoms with Crippen LogP contribution in [0.1, 0.15) is 18.6 Å². The molecule has 0 saturated carbocycles. The molecular weight excluding hydrogens is 166 g/mol. The predicted molar refractivity (Wildman–Crippen MR) is 41.4 cm³/mol. The number of rotatable bonds is 4. The summed E-state index contributed by atoms with van der Waals surface area (Å²) in [7, 11) is 0. The maximum atomic E-state index is 5.48. The third-order valence-electron chi connectivity index (χ3n) is 1.16. The minimum atomic E-state index is 0.312.